The molecule has 0 radical (unpaired) electrons. The number of anilines is 1. The van der Waals surface area contributed by atoms with Crippen LogP contribution in [0.15, 0.2) is 63.2 Å². The van der Waals surface area contributed by atoms with Gasteiger partial charge in [-0.2, -0.15) is 10.1 Å². The molecule has 0 aliphatic carbocycles. The van der Waals surface area contributed by atoms with Crippen molar-refractivity contribution in [3.05, 3.63) is 85.5 Å². The highest BCUT2D eigenvalue weighted by molar-refractivity contribution is 6.30. The maximum Gasteiger partial charge on any atom is 0.329 e. The molecule has 2 heterocycles. The lowest BCUT2D eigenvalue weighted by molar-refractivity contribution is 0.415. The summed E-state index contributed by atoms with van der Waals surface area (Å²) in [6.45, 7) is 0.304. The summed E-state index contributed by atoms with van der Waals surface area (Å²) in [5.74, 6) is 1.06. The quantitative estimate of drug-likeness (QED) is 0.355. The second kappa shape index (κ2) is 8.49. The van der Waals surface area contributed by atoms with Gasteiger partial charge in [-0.05, 0) is 47.5 Å². The summed E-state index contributed by atoms with van der Waals surface area (Å²) in [4.78, 5) is 31.3. The van der Waals surface area contributed by atoms with Crippen molar-refractivity contribution >= 4 is 34.9 Å². The number of H-pyrrole nitrogens is 1. The minimum absolute atomic E-state index is 0.248. The molecule has 2 aromatic heterocycles. The summed E-state index contributed by atoms with van der Waals surface area (Å²) in [6.07, 6.45) is 1.62. The zero-order valence-corrected chi connectivity index (χ0v) is 17.6. The molecule has 158 valence electrons. The van der Waals surface area contributed by atoms with Crippen LogP contribution >= 0.6 is 11.6 Å². The van der Waals surface area contributed by atoms with E-state index in [9.17, 15) is 9.59 Å². The fourth-order valence-corrected chi connectivity index (χ4v) is 3.36. The van der Waals surface area contributed by atoms with Gasteiger partial charge in [-0.25, -0.2) is 10.2 Å². The first-order valence-electron chi connectivity index (χ1n) is 9.33. The first-order chi connectivity index (χ1) is 15.0. The normalized spacial score (nSPS) is 11.3. The van der Waals surface area contributed by atoms with Crippen molar-refractivity contribution in [1.82, 2.24) is 19.1 Å². The molecule has 2 N–H and O–H groups in total. The van der Waals surface area contributed by atoms with Crippen molar-refractivity contribution in [2.45, 2.75) is 6.54 Å². The van der Waals surface area contributed by atoms with Gasteiger partial charge in [-0.3, -0.25) is 18.9 Å². The van der Waals surface area contributed by atoms with Gasteiger partial charge in [-0.1, -0.05) is 23.7 Å². The number of halogens is 1. The van der Waals surface area contributed by atoms with Crippen LogP contribution in [0, 0.1) is 0 Å². The van der Waals surface area contributed by atoms with Crippen molar-refractivity contribution in [2.75, 3.05) is 12.5 Å². The van der Waals surface area contributed by atoms with Crippen LogP contribution in [0.25, 0.3) is 11.2 Å². The molecule has 0 atom stereocenters. The predicted octanol–water partition coefficient (Wildman–Crippen LogP) is 2.58. The summed E-state index contributed by atoms with van der Waals surface area (Å²) < 4.78 is 8.08. The van der Waals surface area contributed by atoms with Crippen LogP contribution in [0.2, 0.25) is 5.02 Å². The Labute approximate surface area is 181 Å². The van der Waals surface area contributed by atoms with E-state index in [4.69, 9.17) is 16.3 Å². The van der Waals surface area contributed by atoms with E-state index in [1.165, 1.54) is 4.57 Å². The lowest BCUT2D eigenvalue weighted by Crippen LogP contribution is -2.29. The van der Waals surface area contributed by atoms with Crippen LogP contribution < -0.4 is 21.4 Å². The summed E-state index contributed by atoms with van der Waals surface area (Å²) in [6, 6.07) is 14.6. The monoisotopic (exact) mass is 438 g/mol. The Morgan fingerprint density at radius 2 is 2.00 bits per heavy atom. The zero-order chi connectivity index (χ0) is 22.0. The summed E-state index contributed by atoms with van der Waals surface area (Å²) in [5.41, 5.74) is 4.01. The van der Waals surface area contributed by atoms with Gasteiger partial charge in [0.2, 0.25) is 5.95 Å². The lowest BCUT2D eigenvalue weighted by atomic mass is 10.2. The number of nitrogens with one attached hydrogen (secondary N) is 2. The summed E-state index contributed by atoms with van der Waals surface area (Å²) >= 11 is 6.11. The number of aryl methyl sites for hydroxylation is 1. The van der Waals surface area contributed by atoms with Crippen LogP contribution in [0.1, 0.15) is 11.1 Å². The van der Waals surface area contributed by atoms with E-state index < -0.39 is 11.2 Å². The number of rotatable bonds is 6. The summed E-state index contributed by atoms with van der Waals surface area (Å²) in [5, 5.41) is 4.82. The Morgan fingerprint density at radius 1 is 1.23 bits per heavy atom. The lowest BCUT2D eigenvalue weighted by Gasteiger charge is -2.08. The number of aromatic nitrogens is 4. The standard InChI is InChI=1S/C21H19ClN6O3/c1-27-18-17(19(29)25-21(27)30)28(12-14-4-3-5-15(22)10-14)20(24-18)26-23-11-13-6-8-16(31-2)9-7-13/h3-11H,12H2,1-2H3,(H,24,26)(H,25,29,30)/b23-11+. The maximum absolute atomic E-state index is 12.6. The number of aromatic amines is 1. The highest BCUT2D eigenvalue weighted by Gasteiger charge is 2.17. The minimum Gasteiger partial charge on any atom is -0.497 e. The van der Waals surface area contributed by atoms with E-state index in [0.717, 1.165) is 16.9 Å². The molecule has 4 rings (SSSR count). The average molecular weight is 439 g/mol. The molecule has 0 fully saturated rings. The topological polar surface area (TPSA) is 106 Å². The third kappa shape index (κ3) is 4.22. The third-order valence-electron chi connectivity index (χ3n) is 4.73. The Kier molecular flexibility index (Phi) is 5.59. The molecule has 0 aliphatic rings. The number of imidazole rings is 1. The van der Waals surface area contributed by atoms with Gasteiger partial charge in [0.05, 0.1) is 19.9 Å². The molecule has 31 heavy (non-hydrogen) atoms. The second-order valence-electron chi connectivity index (χ2n) is 6.79. The van der Waals surface area contributed by atoms with Crippen LogP contribution in [0.4, 0.5) is 5.95 Å². The number of hydrogen-bond donors (Lipinski definition) is 2. The SMILES string of the molecule is COc1ccc(/C=N/Nc2nc3c(c(=O)[nH]c(=O)n3C)n2Cc2cccc(Cl)c2)cc1. The van der Waals surface area contributed by atoms with Crippen molar-refractivity contribution < 1.29 is 4.74 Å². The zero-order valence-electron chi connectivity index (χ0n) is 16.8. The molecule has 0 saturated carbocycles. The number of fused-ring (bicyclic) bond motifs is 1. The maximum atomic E-state index is 12.6. The van der Waals surface area contributed by atoms with Crippen molar-refractivity contribution in [1.29, 1.82) is 0 Å². The Hall–Kier alpha value is -3.85. The average Bonchev–Trinajstić information content (AvgIpc) is 3.11. The molecule has 0 unspecified atom stereocenters. The minimum atomic E-state index is -0.543. The predicted molar refractivity (Wildman–Crippen MR) is 120 cm³/mol. The summed E-state index contributed by atoms with van der Waals surface area (Å²) in [7, 11) is 3.14. The first kappa shape index (κ1) is 20.4. The number of hydrazone groups is 1. The fraction of sp³-hybridized carbons (Fsp3) is 0.143. The van der Waals surface area contributed by atoms with E-state index in [-0.39, 0.29) is 11.2 Å². The molecular formula is C21H19ClN6O3. The third-order valence-corrected chi connectivity index (χ3v) is 4.97. The Bertz CT molecular complexity index is 1390. The number of hydrogen-bond acceptors (Lipinski definition) is 6. The van der Waals surface area contributed by atoms with Gasteiger partial charge in [0.1, 0.15) is 5.75 Å². The molecule has 10 heteroatoms. The Balaban J connectivity index is 1.74. The smallest absolute Gasteiger partial charge is 0.329 e. The Morgan fingerprint density at radius 3 is 2.71 bits per heavy atom. The molecule has 2 aromatic carbocycles. The largest absolute Gasteiger partial charge is 0.497 e. The van der Waals surface area contributed by atoms with Gasteiger partial charge in [0, 0.05) is 12.1 Å². The van der Waals surface area contributed by atoms with Crippen LogP contribution in [0.3, 0.4) is 0 Å². The number of benzene rings is 2. The molecule has 0 bridgehead atoms. The highest BCUT2D eigenvalue weighted by Crippen LogP contribution is 2.19. The molecule has 0 amide bonds. The first-order valence-corrected chi connectivity index (χ1v) is 9.71. The van der Waals surface area contributed by atoms with E-state index in [2.05, 4.69) is 20.5 Å². The molecule has 0 saturated heterocycles. The van der Waals surface area contributed by atoms with Crippen LogP contribution in [-0.2, 0) is 13.6 Å². The van der Waals surface area contributed by atoms with Crippen molar-refractivity contribution in [3.8, 4) is 5.75 Å². The highest BCUT2D eigenvalue weighted by atomic mass is 35.5. The van der Waals surface area contributed by atoms with Gasteiger partial charge in [0.15, 0.2) is 11.2 Å². The molecule has 4 aromatic rings. The van der Waals surface area contributed by atoms with E-state index in [1.54, 1.807) is 37.1 Å². The number of methoxy groups -OCH3 is 1. The van der Waals surface area contributed by atoms with Crippen LogP contribution in [-0.4, -0.2) is 32.4 Å². The molecule has 9 nitrogen and oxygen atoms in total. The van der Waals surface area contributed by atoms with Gasteiger partial charge >= 0.3 is 5.69 Å². The second-order valence-corrected chi connectivity index (χ2v) is 7.22. The molecule has 0 aliphatic heterocycles. The van der Waals surface area contributed by atoms with Gasteiger partial charge in [0.25, 0.3) is 5.56 Å². The number of nitrogens with zero attached hydrogens (tertiary/aromatic N) is 4. The van der Waals surface area contributed by atoms with Crippen LogP contribution in [0.5, 0.6) is 5.75 Å². The van der Waals surface area contributed by atoms with E-state index >= 15 is 0 Å². The van der Waals surface area contributed by atoms with Gasteiger partial charge < -0.3 is 4.74 Å². The molecular weight excluding hydrogens is 420 g/mol. The van der Waals surface area contributed by atoms with E-state index in [1.807, 2.05) is 36.4 Å². The van der Waals surface area contributed by atoms with Crippen molar-refractivity contribution in [3.63, 3.8) is 0 Å². The number of ether oxygens (including phenoxy) is 1. The fourth-order valence-electron chi connectivity index (χ4n) is 3.15. The van der Waals surface area contributed by atoms with Gasteiger partial charge in [-0.15, -0.1) is 0 Å². The molecule has 0 spiro atoms. The van der Waals surface area contributed by atoms with Crippen molar-refractivity contribution in [2.24, 2.45) is 12.1 Å². The van der Waals surface area contributed by atoms with E-state index in [0.29, 0.717) is 17.5 Å².